The quantitative estimate of drug-likeness (QED) is 0.221. The SMILES string of the molecule is CCCCOc1cc(C=Nc2ccccc2)c(OCCCC)cc1C=Nc1ccccc1. The average Bonchev–Trinajstić information content (AvgIpc) is 2.84. The minimum absolute atomic E-state index is 0.661. The van der Waals surface area contributed by atoms with Crippen LogP contribution in [-0.2, 0) is 0 Å². The van der Waals surface area contributed by atoms with Gasteiger partial charge < -0.3 is 9.47 Å². The van der Waals surface area contributed by atoms with Crippen LogP contribution in [0.2, 0.25) is 0 Å². The number of rotatable bonds is 12. The molecule has 3 aromatic carbocycles. The normalized spacial score (nSPS) is 11.3. The summed E-state index contributed by atoms with van der Waals surface area (Å²) < 4.78 is 12.3. The van der Waals surface area contributed by atoms with E-state index in [-0.39, 0.29) is 0 Å². The van der Waals surface area contributed by atoms with E-state index in [9.17, 15) is 0 Å². The molecule has 3 aromatic rings. The Morgan fingerprint density at radius 2 is 1.03 bits per heavy atom. The minimum atomic E-state index is 0.661. The monoisotopic (exact) mass is 428 g/mol. The topological polar surface area (TPSA) is 43.2 Å². The van der Waals surface area contributed by atoms with Crippen molar-refractivity contribution in [2.75, 3.05) is 13.2 Å². The third-order valence-electron chi connectivity index (χ3n) is 4.87. The van der Waals surface area contributed by atoms with Gasteiger partial charge in [-0.1, -0.05) is 63.1 Å². The van der Waals surface area contributed by atoms with Gasteiger partial charge in [0.1, 0.15) is 11.5 Å². The first-order valence-electron chi connectivity index (χ1n) is 11.4. The van der Waals surface area contributed by atoms with E-state index in [0.29, 0.717) is 13.2 Å². The largest absolute Gasteiger partial charge is 0.493 e. The molecule has 3 rings (SSSR count). The van der Waals surface area contributed by atoms with Crippen molar-refractivity contribution in [2.45, 2.75) is 39.5 Å². The van der Waals surface area contributed by atoms with Gasteiger partial charge in [0.25, 0.3) is 0 Å². The molecule has 0 heterocycles. The first-order chi connectivity index (χ1) is 15.8. The highest BCUT2D eigenvalue weighted by Crippen LogP contribution is 2.29. The Labute approximate surface area is 191 Å². The van der Waals surface area contributed by atoms with Crippen molar-refractivity contribution >= 4 is 23.8 Å². The average molecular weight is 429 g/mol. The van der Waals surface area contributed by atoms with Crippen molar-refractivity contribution in [3.8, 4) is 11.5 Å². The number of aliphatic imine (C=N–C) groups is 2. The van der Waals surface area contributed by atoms with E-state index in [2.05, 4.69) is 23.8 Å². The van der Waals surface area contributed by atoms with E-state index in [1.54, 1.807) is 0 Å². The molecule has 0 aliphatic rings. The zero-order chi connectivity index (χ0) is 22.4. The van der Waals surface area contributed by atoms with Crippen molar-refractivity contribution in [1.82, 2.24) is 0 Å². The lowest BCUT2D eigenvalue weighted by Gasteiger charge is -2.14. The Bertz CT molecular complexity index is 915. The van der Waals surface area contributed by atoms with E-state index in [1.165, 1.54) is 0 Å². The van der Waals surface area contributed by atoms with Crippen LogP contribution in [-0.4, -0.2) is 25.6 Å². The summed E-state index contributed by atoms with van der Waals surface area (Å²) in [6.07, 6.45) is 7.85. The number of benzene rings is 3. The highest BCUT2D eigenvalue weighted by atomic mass is 16.5. The van der Waals surface area contributed by atoms with Crippen LogP contribution in [0.3, 0.4) is 0 Å². The summed E-state index contributed by atoms with van der Waals surface area (Å²) in [5.74, 6) is 1.57. The smallest absolute Gasteiger partial charge is 0.128 e. The number of ether oxygens (including phenoxy) is 2. The Kier molecular flexibility index (Phi) is 9.53. The fourth-order valence-electron chi connectivity index (χ4n) is 3.01. The van der Waals surface area contributed by atoms with Crippen LogP contribution >= 0.6 is 0 Å². The molecule has 0 saturated heterocycles. The Morgan fingerprint density at radius 1 is 0.625 bits per heavy atom. The Hall–Kier alpha value is -3.40. The molecule has 0 bridgehead atoms. The molecule has 0 N–H and O–H groups in total. The lowest BCUT2D eigenvalue weighted by Crippen LogP contribution is -2.04. The molecule has 0 aromatic heterocycles. The number of para-hydroxylation sites is 2. The molecule has 0 fully saturated rings. The van der Waals surface area contributed by atoms with Crippen molar-refractivity contribution in [3.05, 3.63) is 83.9 Å². The van der Waals surface area contributed by atoms with Crippen molar-refractivity contribution in [1.29, 1.82) is 0 Å². The van der Waals surface area contributed by atoms with Crippen LogP contribution in [0, 0.1) is 0 Å². The van der Waals surface area contributed by atoms with E-state index < -0.39 is 0 Å². The molecule has 166 valence electrons. The van der Waals surface area contributed by atoms with E-state index in [0.717, 1.165) is 59.7 Å². The van der Waals surface area contributed by atoms with E-state index in [4.69, 9.17) is 9.47 Å². The van der Waals surface area contributed by atoms with Gasteiger partial charge in [-0.05, 0) is 49.2 Å². The summed E-state index contributed by atoms with van der Waals surface area (Å²) >= 11 is 0. The fraction of sp³-hybridized carbons (Fsp3) is 0.286. The minimum Gasteiger partial charge on any atom is -0.493 e. The first kappa shape index (κ1) is 23.3. The third kappa shape index (κ3) is 7.38. The molecule has 0 aliphatic heterocycles. The second-order valence-corrected chi connectivity index (χ2v) is 7.52. The summed E-state index contributed by atoms with van der Waals surface area (Å²) in [7, 11) is 0. The highest BCUT2D eigenvalue weighted by molar-refractivity contribution is 5.92. The lowest BCUT2D eigenvalue weighted by atomic mass is 10.1. The summed E-state index contributed by atoms with van der Waals surface area (Å²) in [6.45, 7) is 5.63. The standard InChI is InChI=1S/C28H32N2O2/c1-3-5-17-31-27-19-24(22-30-26-15-11-8-12-16-26)28(32-18-6-4-2)20-23(27)21-29-25-13-9-7-10-14-25/h7-16,19-22H,3-6,17-18H2,1-2H3. The predicted octanol–water partition coefficient (Wildman–Crippen LogP) is 7.55. The van der Waals surface area contributed by atoms with Crippen molar-refractivity contribution < 1.29 is 9.47 Å². The molecule has 0 aliphatic carbocycles. The maximum atomic E-state index is 6.13. The van der Waals surface area contributed by atoms with Gasteiger partial charge in [-0.25, -0.2) is 0 Å². The summed E-state index contributed by atoms with van der Waals surface area (Å²) in [4.78, 5) is 9.26. The fourth-order valence-corrected chi connectivity index (χ4v) is 3.01. The van der Waals surface area contributed by atoms with Crippen LogP contribution in [0.5, 0.6) is 11.5 Å². The molecular formula is C28H32N2O2. The van der Waals surface area contributed by atoms with Gasteiger partial charge >= 0.3 is 0 Å². The number of unbranched alkanes of at least 4 members (excludes halogenated alkanes) is 2. The zero-order valence-corrected chi connectivity index (χ0v) is 19.0. The maximum absolute atomic E-state index is 6.13. The predicted molar refractivity (Wildman–Crippen MR) is 135 cm³/mol. The molecule has 0 amide bonds. The molecule has 0 radical (unpaired) electrons. The van der Waals surface area contributed by atoms with Gasteiger partial charge in [0.15, 0.2) is 0 Å². The van der Waals surface area contributed by atoms with Gasteiger partial charge in [-0.2, -0.15) is 0 Å². The molecule has 0 spiro atoms. The second-order valence-electron chi connectivity index (χ2n) is 7.52. The third-order valence-corrected chi connectivity index (χ3v) is 4.87. The zero-order valence-electron chi connectivity index (χ0n) is 19.0. The summed E-state index contributed by atoms with van der Waals surface area (Å²) in [5.41, 5.74) is 3.59. The maximum Gasteiger partial charge on any atom is 0.128 e. The molecule has 0 saturated carbocycles. The number of nitrogens with zero attached hydrogens (tertiary/aromatic N) is 2. The number of hydrogen-bond donors (Lipinski definition) is 0. The van der Waals surface area contributed by atoms with Crippen LogP contribution < -0.4 is 9.47 Å². The second kappa shape index (κ2) is 13.1. The summed E-state index contributed by atoms with van der Waals surface area (Å²) in [5, 5.41) is 0. The van der Waals surface area contributed by atoms with Crippen LogP contribution in [0.15, 0.2) is 82.8 Å². The molecular weight excluding hydrogens is 396 g/mol. The summed E-state index contributed by atoms with van der Waals surface area (Å²) in [6, 6.07) is 23.8. The Balaban J connectivity index is 1.96. The van der Waals surface area contributed by atoms with Gasteiger partial charge in [-0.3, -0.25) is 9.98 Å². The van der Waals surface area contributed by atoms with E-state index >= 15 is 0 Å². The molecule has 0 unspecified atom stereocenters. The van der Waals surface area contributed by atoms with Crippen molar-refractivity contribution in [2.24, 2.45) is 9.98 Å². The van der Waals surface area contributed by atoms with Crippen LogP contribution in [0.25, 0.3) is 0 Å². The molecule has 0 atom stereocenters. The van der Waals surface area contributed by atoms with Gasteiger partial charge in [0.05, 0.1) is 24.6 Å². The van der Waals surface area contributed by atoms with Crippen LogP contribution in [0.4, 0.5) is 11.4 Å². The Morgan fingerprint density at radius 3 is 1.41 bits per heavy atom. The lowest BCUT2D eigenvalue weighted by molar-refractivity contribution is 0.300. The van der Waals surface area contributed by atoms with Gasteiger partial charge in [0.2, 0.25) is 0 Å². The van der Waals surface area contributed by atoms with Gasteiger partial charge in [0, 0.05) is 23.6 Å². The van der Waals surface area contributed by atoms with Crippen molar-refractivity contribution in [3.63, 3.8) is 0 Å². The van der Waals surface area contributed by atoms with Gasteiger partial charge in [-0.15, -0.1) is 0 Å². The number of hydrogen-bond acceptors (Lipinski definition) is 4. The van der Waals surface area contributed by atoms with E-state index in [1.807, 2.05) is 85.2 Å². The first-order valence-corrected chi connectivity index (χ1v) is 11.4. The molecule has 4 nitrogen and oxygen atoms in total. The molecule has 4 heteroatoms. The highest BCUT2D eigenvalue weighted by Gasteiger charge is 2.11. The van der Waals surface area contributed by atoms with Crippen LogP contribution in [0.1, 0.15) is 50.7 Å². The molecule has 32 heavy (non-hydrogen) atoms.